The summed E-state index contributed by atoms with van der Waals surface area (Å²) >= 11 is 0. The summed E-state index contributed by atoms with van der Waals surface area (Å²) in [5.74, 6) is 0.0374. The Kier molecular flexibility index (Phi) is 2.25. The molecule has 5 nitrogen and oxygen atoms in total. The second kappa shape index (κ2) is 3.42. The lowest BCUT2D eigenvalue weighted by Crippen LogP contribution is -2.52. The van der Waals surface area contributed by atoms with Crippen molar-refractivity contribution in [2.24, 2.45) is 0 Å². The smallest absolute Gasteiger partial charge is 0.236 e. The molecule has 2 heterocycles. The minimum Gasteiger partial charge on any atom is -0.364 e. The van der Waals surface area contributed by atoms with Crippen LogP contribution < -0.4 is 10.6 Å². The topological polar surface area (TPSA) is 67.2 Å². The second-order valence-electron chi connectivity index (χ2n) is 3.54. The van der Waals surface area contributed by atoms with Crippen LogP contribution in [0.25, 0.3) is 0 Å². The van der Waals surface area contributed by atoms with E-state index in [-0.39, 0.29) is 18.0 Å². The van der Waals surface area contributed by atoms with Gasteiger partial charge >= 0.3 is 0 Å². The maximum Gasteiger partial charge on any atom is 0.236 e. The molecule has 1 amide bonds. The first kappa shape index (κ1) is 9.21. The van der Waals surface area contributed by atoms with Crippen molar-refractivity contribution in [3.05, 3.63) is 17.5 Å². The van der Waals surface area contributed by atoms with E-state index in [4.69, 9.17) is 4.52 Å². The summed E-state index contributed by atoms with van der Waals surface area (Å²) in [5, 5.41) is 9.83. The molecule has 1 fully saturated rings. The molecule has 2 atom stereocenters. The molecular formula is C9H13N3O2. The van der Waals surface area contributed by atoms with E-state index in [0.29, 0.717) is 6.54 Å². The average Bonchev–Trinajstić information content (AvgIpc) is 2.57. The van der Waals surface area contributed by atoms with Gasteiger partial charge in [0.15, 0.2) is 0 Å². The highest BCUT2D eigenvalue weighted by Crippen LogP contribution is 2.18. The molecule has 1 saturated heterocycles. The Morgan fingerprint density at radius 3 is 3.00 bits per heavy atom. The number of nitrogens with one attached hydrogen (secondary N) is 2. The van der Waals surface area contributed by atoms with Crippen LogP contribution in [-0.4, -0.2) is 23.7 Å². The van der Waals surface area contributed by atoms with Crippen LogP contribution in [0.1, 0.15) is 24.2 Å². The fraction of sp³-hybridized carbons (Fsp3) is 0.556. The van der Waals surface area contributed by atoms with Gasteiger partial charge in [-0.25, -0.2) is 0 Å². The Morgan fingerprint density at radius 2 is 2.43 bits per heavy atom. The molecule has 1 aliphatic rings. The number of aryl methyl sites for hydroxylation is 1. The first-order valence-corrected chi connectivity index (χ1v) is 4.63. The highest BCUT2D eigenvalue weighted by Gasteiger charge is 2.27. The van der Waals surface area contributed by atoms with Crippen LogP contribution in [0.5, 0.6) is 0 Å². The number of amides is 1. The van der Waals surface area contributed by atoms with Crippen molar-refractivity contribution in [2.45, 2.75) is 25.9 Å². The predicted molar refractivity (Wildman–Crippen MR) is 49.6 cm³/mol. The molecule has 0 spiro atoms. The summed E-state index contributed by atoms with van der Waals surface area (Å²) in [5.41, 5.74) is 1.88. The highest BCUT2D eigenvalue weighted by atomic mass is 16.5. The van der Waals surface area contributed by atoms with E-state index >= 15 is 0 Å². The zero-order valence-corrected chi connectivity index (χ0v) is 8.20. The Labute approximate surface area is 81.8 Å². The standard InChI is InChI=1S/C9H13N3O2/c1-5-7(4-14-12-5)8-3-10-9(13)6(2)11-8/h4,6,8,11H,3H2,1-2H3,(H,10,13). The Morgan fingerprint density at radius 1 is 1.64 bits per heavy atom. The fourth-order valence-corrected chi connectivity index (χ4v) is 1.63. The van der Waals surface area contributed by atoms with E-state index in [1.807, 2.05) is 13.8 Å². The lowest BCUT2D eigenvalue weighted by molar-refractivity contribution is -0.124. The molecule has 2 N–H and O–H groups in total. The minimum absolute atomic E-state index is 0.0374. The summed E-state index contributed by atoms with van der Waals surface area (Å²) in [4.78, 5) is 11.2. The SMILES string of the molecule is Cc1nocc1C1CNC(=O)C(C)N1. The number of carbonyl (C=O) groups excluding carboxylic acids is 1. The maximum absolute atomic E-state index is 11.2. The number of nitrogens with zero attached hydrogens (tertiary/aromatic N) is 1. The summed E-state index contributed by atoms with van der Waals surface area (Å²) in [6.45, 7) is 4.32. The maximum atomic E-state index is 11.2. The van der Waals surface area contributed by atoms with Gasteiger partial charge in [-0.15, -0.1) is 0 Å². The van der Waals surface area contributed by atoms with Gasteiger partial charge in [0.2, 0.25) is 5.91 Å². The normalized spacial score (nSPS) is 27.4. The lowest BCUT2D eigenvalue weighted by Gasteiger charge is -2.28. The average molecular weight is 195 g/mol. The second-order valence-corrected chi connectivity index (χ2v) is 3.54. The Balaban J connectivity index is 2.14. The molecule has 2 unspecified atom stereocenters. The van der Waals surface area contributed by atoms with Crippen LogP contribution in [0.2, 0.25) is 0 Å². The van der Waals surface area contributed by atoms with Crippen LogP contribution >= 0.6 is 0 Å². The summed E-state index contributed by atoms with van der Waals surface area (Å²) in [7, 11) is 0. The van der Waals surface area contributed by atoms with Gasteiger partial charge in [-0.05, 0) is 13.8 Å². The van der Waals surface area contributed by atoms with E-state index in [1.54, 1.807) is 6.26 Å². The van der Waals surface area contributed by atoms with Crippen molar-refractivity contribution in [3.8, 4) is 0 Å². The first-order valence-electron chi connectivity index (χ1n) is 4.63. The first-order chi connectivity index (χ1) is 6.68. The van der Waals surface area contributed by atoms with Gasteiger partial charge in [0.05, 0.1) is 17.8 Å². The van der Waals surface area contributed by atoms with Crippen LogP contribution in [0.3, 0.4) is 0 Å². The van der Waals surface area contributed by atoms with Gasteiger partial charge in [0.25, 0.3) is 0 Å². The third-order valence-corrected chi connectivity index (χ3v) is 2.49. The molecule has 2 rings (SSSR count). The van der Waals surface area contributed by atoms with E-state index in [2.05, 4.69) is 15.8 Å². The quantitative estimate of drug-likeness (QED) is 0.668. The molecule has 1 aliphatic heterocycles. The van der Waals surface area contributed by atoms with Crippen molar-refractivity contribution >= 4 is 5.91 Å². The number of aromatic nitrogens is 1. The molecule has 0 saturated carbocycles. The molecule has 5 heteroatoms. The number of hydrogen-bond donors (Lipinski definition) is 2. The van der Waals surface area contributed by atoms with Gasteiger partial charge in [-0.2, -0.15) is 0 Å². The van der Waals surface area contributed by atoms with Crippen LogP contribution in [0, 0.1) is 6.92 Å². The number of carbonyl (C=O) groups is 1. The monoisotopic (exact) mass is 195 g/mol. The molecular weight excluding hydrogens is 182 g/mol. The Hall–Kier alpha value is -1.36. The predicted octanol–water partition coefficient (Wildman–Crippen LogP) is 0.132. The number of rotatable bonds is 1. The molecule has 76 valence electrons. The van der Waals surface area contributed by atoms with Gasteiger partial charge in [0.1, 0.15) is 6.26 Å². The summed E-state index contributed by atoms with van der Waals surface area (Å²) in [6.07, 6.45) is 1.62. The van der Waals surface area contributed by atoms with Crippen LogP contribution in [0.15, 0.2) is 10.8 Å². The van der Waals surface area contributed by atoms with E-state index in [0.717, 1.165) is 11.3 Å². The summed E-state index contributed by atoms with van der Waals surface area (Å²) in [6, 6.07) is -0.0583. The molecule has 1 aromatic rings. The zero-order chi connectivity index (χ0) is 10.1. The largest absolute Gasteiger partial charge is 0.364 e. The molecule has 0 bridgehead atoms. The lowest BCUT2D eigenvalue weighted by atomic mass is 10.0. The van der Waals surface area contributed by atoms with E-state index in [1.165, 1.54) is 0 Å². The van der Waals surface area contributed by atoms with Gasteiger partial charge < -0.3 is 9.84 Å². The van der Waals surface area contributed by atoms with Crippen LogP contribution in [-0.2, 0) is 4.79 Å². The molecule has 0 aromatic carbocycles. The van der Waals surface area contributed by atoms with Crippen LogP contribution in [0.4, 0.5) is 0 Å². The van der Waals surface area contributed by atoms with Gasteiger partial charge in [-0.1, -0.05) is 5.16 Å². The van der Waals surface area contributed by atoms with Gasteiger partial charge in [0, 0.05) is 12.1 Å². The molecule has 1 aromatic heterocycles. The van der Waals surface area contributed by atoms with E-state index in [9.17, 15) is 4.79 Å². The Bertz CT molecular complexity index is 348. The van der Waals surface area contributed by atoms with Gasteiger partial charge in [-0.3, -0.25) is 10.1 Å². The van der Waals surface area contributed by atoms with Crippen molar-refractivity contribution in [2.75, 3.05) is 6.54 Å². The van der Waals surface area contributed by atoms with Crippen molar-refractivity contribution < 1.29 is 9.32 Å². The van der Waals surface area contributed by atoms with Crippen molar-refractivity contribution in [1.82, 2.24) is 15.8 Å². The third kappa shape index (κ3) is 1.50. The third-order valence-electron chi connectivity index (χ3n) is 2.49. The minimum atomic E-state index is -0.164. The molecule has 14 heavy (non-hydrogen) atoms. The summed E-state index contributed by atoms with van der Waals surface area (Å²) < 4.78 is 4.86. The van der Waals surface area contributed by atoms with E-state index < -0.39 is 0 Å². The molecule has 0 radical (unpaired) electrons. The number of hydrogen-bond acceptors (Lipinski definition) is 4. The number of piperazine rings is 1. The zero-order valence-electron chi connectivity index (χ0n) is 8.20. The highest BCUT2D eigenvalue weighted by molar-refractivity contribution is 5.82. The van der Waals surface area contributed by atoms with Crippen molar-refractivity contribution in [1.29, 1.82) is 0 Å². The fourth-order valence-electron chi connectivity index (χ4n) is 1.63. The van der Waals surface area contributed by atoms with Crippen molar-refractivity contribution in [3.63, 3.8) is 0 Å². The molecule has 0 aliphatic carbocycles.